The van der Waals surface area contributed by atoms with Crippen LogP contribution < -0.4 is 10.9 Å². The van der Waals surface area contributed by atoms with Crippen molar-refractivity contribution in [3.8, 4) is 0 Å². The third kappa shape index (κ3) is 2.35. The number of hydrogen-bond acceptors (Lipinski definition) is 4. The summed E-state index contributed by atoms with van der Waals surface area (Å²) < 4.78 is 1.75. The first kappa shape index (κ1) is 13.6. The highest BCUT2D eigenvalue weighted by Gasteiger charge is 2.37. The molecule has 1 aromatic rings. The fourth-order valence-corrected chi connectivity index (χ4v) is 3.47. The summed E-state index contributed by atoms with van der Waals surface area (Å²) in [5, 5.41) is 3.41. The van der Waals surface area contributed by atoms with E-state index in [1.165, 1.54) is 19.4 Å². The molecule has 3 heterocycles. The molecule has 2 aliphatic heterocycles. The number of fused-ring (bicyclic) bond motifs is 1. The van der Waals surface area contributed by atoms with Gasteiger partial charge >= 0.3 is 0 Å². The fraction of sp³-hybridized carbons (Fsp3) is 0.733. The number of aromatic nitrogens is 2. The topological polar surface area (TPSA) is 50.2 Å². The molecule has 0 radical (unpaired) electrons. The van der Waals surface area contributed by atoms with Gasteiger partial charge in [0, 0.05) is 36.6 Å². The summed E-state index contributed by atoms with van der Waals surface area (Å²) in [6, 6.07) is 0.952. The van der Waals surface area contributed by atoms with Gasteiger partial charge in [-0.25, -0.2) is 4.98 Å². The average molecular weight is 276 g/mol. The van der Waals surface area contributed by atoms with E-state index in [0.717, 1.165) is 13.0 Å². The molecule has 2 atom stereocenters. The van der Waals surface area contributed by atoms with Crippen molar-refractivity contribution >= 4 is 5.82 Å². The molecule has 0 amide bonds. The predicted octanol–water partition coefficient (Wildman–Crippen LogP) is 1.65. The molecule has 2 aliphatic rings. The van der Waals surface area contributed by atoms with E-state index in [-0.39, 0.29) is 11.1 Å². The quantitative estimate of drug-likeness (QED) is 0.892. The molecule has 2 fully saturated rings. The van der Waals surface area contributed by atoms with Crippen LogP contribution in [-0.4, -0.2) is 39.6 Å². The average Bonchev–Trinajstić information content (AvgIpc) is 2.95. The van der Waals surface area contributed by atoms with Crippen LogP contribution in [0.2, 0.25) is 0 Å². The zero-order valence-electron chi connectivity index (χ0n) is 12.6. The molecule has 0 bridgehead atoms. The molecule has 1 N–H and O–H groups in total. The minimum Gasteiger partial charge on any atom is -0.361 e. The summed E-state index contributed by atoms with van der Waals surface area (Å²) >= 11 is 0. The largest absolute Gasteiger partial charge is 0.361 e. The first-order chi connectivity index (χ1) is 9.47. The van der Waals surface area contributed by atoms with E-state index in [1.54, 1.807) is 17.0 Å². The van der Waals surface area contributed by atoms with E-state index in [0.29, 0.717) is 17.9 Å². The Morgan fingerprint density at radius 1 is 1.30 bits per heavy atom. The molecule has 0 aliphatic carbocycles. The number of anilines is 1. The third-order valence-electron chi connectivity index (χ3n) is 4.49. The Balaban J connectivity index is 1.83. The van der Waals surface area contributed by atoms with Crippen molar-refractivity contribution in [3.63, 3.8) is 0 Å². The predicted molar refractivity (Wildman–Crippen MR) is 80.1 cm³/mol. The normalized spacial score (nSPS) is 26.8. The summed E-state index contributed by atoms with van der Waals surface area (Å²) in [7, 11) is 0. The Morgan fingerprint density at radius 2 is 2.10 bits per heavy atom. The molecule has 1 aromatic heterocycles. The van der Waals surface area contributed by atoms with E-state index >= 15 is 0 Å². The standard InChI is InChI=1S/C15H24N4O/c1-15(2,3)19-10-7-16-13(14(19)20)17-11-6-9-18-8-4-5-12(11)18/h7,10-12H,4-6,8-9H2,1-3H3,(H,16,17). The van der Waals surface area contributed by atoms with Gasteiger partial charge in [-0.2, -0.15) is 0 Å². The van der Waals surface area contributed by atoms with Crippen LogP contribution in [0, 0.1) is 0 Å². The lowest BCUT2D eigenvalue weighted by Gasteiger charge is -2.25. The van der Waals surface area contributed by atoms with Crippen LogP contribution in [0.25, 0.3) is 0 Å². The molecule has 2 unspecified atom stereocenters. The Kier molecular flexibility index (Phi) is 3.32. The number of nitrogens with one attached hydrogen (secondary N) is 1. The number of nitrogens with zero attached hydrogens (tertiary/aromatic N) is 3. The molecular weight excluding hydrogens is 252 g/mol. The van der Waals surface area contributed by atoms with Gasteiger partial charge in [0.2, 0.25) is 0 Å². The lowest BCUT2D eigenvalue weighted by atomic mass is 10.1. The summed E-state index contributed by atoms with van der Waals surface area (Å²) in [6.45, 7) is 8.45. The van der Waals surface area contributed by atoms with Crippen molar-refractivity contribution in [1.29, 1.82) is 0 Å². The van der Waals surface area contributed by atoms with Crippen molar-refractivity contribution in [2.75, 3.05) is 18.4 Å². The Hall–Kier alpha value is -1.36. The van der Waals surface area contributed by atoms with Gasteiger partial charge in [-0.1, -0.05) is 0 Å². The highest BCUT2D eigenvalue weighted by atomic mass is 16.1. The second-order valence-corrected chi connectivity index (χ2v) is 6.91. The second kappa shape index (κ2) is 4.88. The van der Waals surface area contributed by atoms with Gasteiger partial charge in [-0.3, -0.25) is 9.69 Å². The first-order valence-corrected chi connectivity index (χ1v) is 7.55. The molecule has 0 saturated carbocycles. The van der Waals surface area contributed by atoms with Crippen LogP contribution in [-0.2, 0) is 5.54 Å². The monoisotopic (exact) mass is 276 g/mol. The third-order valence-corrected chi connectivity index (χ3v) is 4.49. The zero-order chi connectivity index (χ0) is 14.3. The molecule has 110 valence electrons. The molecule has 5 nitrogen and oxygen atoms in total. The first-order valence-electron chi connectivity index (χ1n) is 7.55. The van der Waals surface area contributed by atoms with E-state index < -0.39 is 0 Å². The SMILES string of the molecule is CC(C)(C)n1ccnc(NC2CCN3CCCC23)c1=O. The van der Waals surface area contributed by atoms with Gasteiger partial charge < -0.3 is 9.88 Å². The Labute approximate surface area is 120 Å². The van der Waals surface area contributed by atoms with Gasteiger partial charge in [-0.05, 0) is 46.6 Å². The van der Waals surface area contributed by atoms with Crippen molar-refractivity contribution in [3.05, 3.63) is 22.7 Å². The molecular formula is C15H24N4O. The van der Waals surface area contributed by atoms with Gasteiger partial charge in [-0.15, -0.1) is 0 Å². The van der Waals surface area contributed by atoms with Crippen molar-refractivity contribution < 1.29 is 0 Å². The maximum Gasteiger partial charge on any atom is 0.293 e. The molecule has 2 saturated heterocycles. The fourth-order valence-electron chi connectivity index (χ4n) is 3.47. The highest BCUT2D eigenvalue weighted by molar-refractivity contribution is 5.34. The maximum absolute atomic E-state index is 12.5. The van der Waals surface area contributed by atoms with Gasteiger partial charge in [0.1, 0.15) is 0 Å². The lowest BCUT2D eigenvalue weighted by Crippen LogP contribution is -2.39. The van der Waals surface area contributed by atoms with E-state index in [2.05, 4.69) is 15.2 Å². The summed E-state index contributed by atoms with van der Waals surface area (Å²) in [4.78, 5) is 19.3. The highest BCUT2D eigenvalue weighted by Crippen LogP contribution is 2.29. The van der Waals surface area contributed by atoms with Gasteiger partial charge in [0.15, 0.2) is 5.82 Å². The number of rotatable bonds is 2. The van der Waals surface area contributed by atoms with Crippen LogP contribution in [0.4, 0.5) is 5.82 Å². The Morgan fingerprint density at radius 3 is 2.85 bits per heavy atom. The molecule has 20 heavy (non-hydrogen) atoms. The van der Waals surface area contributed by atoms with Crippen LogP contribution in [0.3, 0.4) is 0 Å². The van der Waals surface area contributed by atoms with Crippen LogP contribution in [0.15, 0.2) is 17.2 Å². The van der Waals surface area contributed by atoms with Crippen LogP contribution >= 0.6 is 0 Å². The van der Waals surface area contributed by atoms with Crippen LogP contribution in [0.5, 0.6) is 0 Å². The zero-order valence-corrected chi connectivity index (χ0v) is 12.6. The lowest BCUT2D eigenvalue weighted by molar-refractivity contribution is 0.318. The van der Waals surface area contributed by atoms with Gasteiger partial charge in [0.05, 0.1) is 0 Å². The summed E-state index contributed by atoms with van der Waals surface area (Å²) in [5.74, 6) is 0.501. The van der Waals surface area contributed by atoms with E-state index in [4.69, 9.17) is 0 Å². The minimum absolute atomic E-state index is 0.0172. The molecule has 5 heteroatoms. The Bertz CT molecular complexity index is 546. The van der Waals surface area contributed by atoms with E-state index in [1.807, 2.05) is 20.8 Å². The second-order valence-electron chi connectivity index (χ2n) is 6.91. The van der Waals surface area contributed by atoms with Crippen molar-refractivity contribution in [2.45, 2.75) is 57.7 Å². The maximum atomic E-state index is 12.5. The summed E-state index contributed by atoms with van der Waals surface area (Å²) in [6.07, 6.45) is 7.10. The van der Waals surface area contributed by atoms with Gasteiger partial charge in [0.25, 0.3) is 5.56 Å². The van der Waals surface area contributed by atoms with E-state index in [9.17, 15) is 4.79 Å². The smallest absolute Gasteiger partial charge is 0.293 e. The molecule has 3 rings (SSSR count). The minimum atomic E-state index is -0.217. The van der Waals surface area contributed by atoms with Crippen molar-refractivity contribution in [1.82, 2.24) is 14.5 Å². The van der Waals surface area contributed by atoms with Crippen LogP contribution in [0.1, 0.15) is 40.0 Å². The molecule has 0 aromatic carbocycles. The van der Waals surface area contributed by atoms with Crippen molar-refractivity contribution in [2.24, 2.45) is 0 Å². The summed E-state index contributed by atoms with van der Waals surface area (Å²) in [5.41, 5.74) is -0.234. The number of hydrogen-bond donors (Lipinski definition) is 1. The molecule has 0 spiro atoms.